The average molecular weight is 233 g/mol. The van der Waals surface area contributed by atoms with Crippen molar-refractivity contribution in [1.29, 1.82) is 0 Å². The standard InChI is InChI=1S/C15H23NO/c1-11-8-12(2)13(3)16(9-11)10-14-6-4-5-7-15(14)17/h4-7,11-13,17H,8-10H2,1-3H3. The smallest absolute Gasteiger partial charge is 0.120 e. The van der Waals surface area contributed by atoms with E-state index in [1.54, 1.807) is 6.07 Å². The lowest BCUT2D eigenvalue weighted by Gasteiger charge is -2.41. The van der Waals surface area contributed by atoms with Crippen LogP contribution in [0.4, 0.5) is 0 Å². The van der Waals surface area contributed by atoms with Gasteiger partial charge in [-0.1, -0.05) is 32.0 Å². The molecule has 3 unspecified atom stereocenters. The number of piperidine rings is 1. The Hall–Kier alpha value is -1.02. The third-order valence-electron chi connectivity index (χ3n) is 4.08. The number of phenols is 1. The summed E-state index contributed by atoms with van der Waals surface area (Å²) in [5.74, 6) is 1.92. The predicted octanol–water partition coefficient (Wildman–Crippen LogP) is 3.26. The third-order valence-corrected chi connectivity index (χ3v) is 4.08. The van der Waals surface area contributed by atoms with E-state index in [-0.39, 0.29) is 0 Å². The molecule has 2 rings (SSSR count). The van der Waals surface area contributed by atoms with E-state index in [2.05, 4.69) is 25.7 Å². The Balaban J connectivity index is 2.10. The molecule has 1 aromatic carbocycles. The molecule has 0 spiro atoms. The zero-order valence-corrected chi connectivity index (χ0v) is 11.1. The van der Waals surface area contributed by atoms with Crippen LogP contribution in [-0.2, 0) is 6.54 Å². The minimum Gasteiger partial charge on any atom is -0.508 e. The quantitative estimate of drug-likeness (QED) is 0.847. The molecule has 2 nitrogen and oxygen atoms in total. The van der Waals surface area contributed by atoms with Crippen LogP contribution in [0.25, 0.3) is 0 Å². The molecule has 1 aliphatic heterocycles. The summed E-state index contributed by atoms with van der Waals surface area (Å²) in [6.45, 7) is 8.96. The molecule has 3 atom stereocenters. The Bertz CT molecular complexity index is 377. The summed E-state index contributed by atoms with van der Waals surface area (Å²) >= 11 is 0. The minimum absolute atomic E-state index is 0.422. The van der Waals surface area contributed by atoms with Crippen molar-refractivity contribution < 1.29 is 5.11 Å². The molecule has 1 saturated heterocycles. The average Bonchev–Trinajstić information content (AvgIpc) is 2.28. The fraction of sp³-hybridized carbons (Fsp3) is 0.600. The SMILES string of the molecule is CC1CC(C)C(C)N(Cc2ccccc2O)C1. The van der Waals surface area contributed by atoms with Crippen LogP contribution in [-0.4, -0.2) is 22.6 Å². The van der Waals surface area contributed by atoms with Gasteiger partial charge >= 0.3 is 0 Å². The second-order valence-corrected chi connectivity index (χ2v) is 5.62. The molecule has 0 aromatic heterocycles. The van der Waals surface area contributed by atoms with E-state index in [1.165, 1.54) is 6.42 Å². The summed E-state index contributed by atoms with van der Waals surface area (Å²) in [7, 11) is 0. The monoisotopic (exact) mass is 233 g/mol. The Kier molecular flexibility index (Phi) is 3.72. The highest BCUT2D eigenvalue weighted by molar-refractivity contribution is 5.31. The molecule has 94 valence electrons. The third kappa shape index (κ3) is 2.81. The number of aromatic hydroxyl groups is 1. The summed E-state index contributed by atoms with van der Waals surface area (Å²) in [6.07, 6.45) is 1.32. The molecule has 1 N–H and O–H groups in total. The van der Waals surface area contributed by atoms with Gasteiger partial charge in [0.1, 0.15) is 5.75 Å². The van der Waals surface area contributed by atoms with Gasteiger partial charge in [0, 0.05) is 24.7 Å². The highest BCUT2D eigenvalue weighted by Gasteiger charge is 2.28. The fourth-order valence-electron chi connectivity index (χ4n) is 2.90. The molecule has 0 aliphatic carbocycles. The Morgan fingerprint density at radius 3 is 2.65 bits per heavy atom. The number of nitrogens with zero attached hydrogens (tertiary/aromatic N) is 1. The maximum atomic E-state index is 9.83. The van der Waals surface area contributed by atoms with E-state index in [1.807, 2.05) is 18.2 Å². The van der Waals surface area contributed by atoms with Crippen LogP contribution >= 0.6 is 0 Å². The molecule has 1 aliphatic rings. The molecule has 17 heavy (non-hydrogen) atoms. The van der Waals surface area contributed by atoms with Gasteiger partial charge in [0.15, 0.2) is 0 Å². The summed E-state index contributed by atoms with van der Waals surface area (Å²) < 4.78 is 0. The lowest BCUT2D eigenvalue weighted by Crippen LogP contribution is -2.45. The van der Waals surface area contributed by atoms with E-state index >= 15 is 0 Å². The topological polar surface area (TPSA) is 23.5 Å². The number of likely N-dealkylation sites (tertiary alicyclic amines) is 1. The van der Waals surface area contributed by atoms with Crippen molar-refractivity contribution in [3.8, 4) is 5.75 Å². The van der Waals surface area contributed by atoms with Crippen molar-refractivity contribution in [2.75, 3.05) is 6.54 Å². The zero-order chi connectivity index (χ0) is 12.4. The van der Waals surface area contributed by atoms with Gasteiger partial charge in [-0.2, -0.15) is 0 Å². The number of benzene rings is 1. The van der Waals surface area contributed by atoms with Crippen LogP contribution < -0.4 is 0 Å². The molecule has 0 radical (unpaired) electrons. The van der Waals surface area contributed by atoms with Gasteiger partial charge in [0.25, 0.3) is 0 Å². The lowest BCUT2D eigenvalue weighted by atomic mass is 9.86. The van der Waals surface area contributed by atoms with Gasteiger partial charge in [-0.15, -0.1) is 0 Å². The van der Waals surface area contributed by atoms with Crippen LogP contribution in [0.15, 0.2) is 24.3 Å². The van der Waals surface area contributed by atoms with Crippen molar-refractivity contribution in [1.82, 2.24) is 4.90 Å². The number of hydrogen-bond donors (Lipinski definition) is 1. The maximum absolute atomic E-state index is 9.83. The lowest BCUT2D eigenvalue weighted by molar-refractivity contribution is 0.0723. The van der Waals surface area contributed by atoms with Crippen molar-refractivity contribution in [2.45, 2.75) is 39.8 Å². The largest absolute Gasteiger partial charge is 0.508 e. The van der Waals surface area contributed by atoms with Crippen LogP contribution in [0, 0.1) is 11.8 Å². The van der Waals surface area contributed by atoms with Gasteiger partial charge in [0.05, 0.1) is 0 Å². The number of para-hydroxylation sites is 1. The predicted molar refractivity (Wildman–Crippen MR) is 70.9 cm³/mol. The Morgan fingerprint density at radius 1 is 1.24 bits per heavy atom. The first kappa shape index (κ1) is 12.4. The molecule has 1 aromatic rings. The van der Waals surface area contributed by atoms with Gasteiger partial charge in [-0.25, -0.2) is 0 Å². The first-order chi connectivity index (χ1) is 8.08. The van der Waals surface area contributed by atoms with E-state index in [0.29, 0.717) is 11.8 Å². The Morgan fingerprint density at radius 2 is 1.94 bits per heavy atom. The van der Waals surface area contributed by atoms with E-state index < -0.39 is 0 Å². The Labute approximate surface area is 104 Å². The van der Waals surface area contributed by atoms with Crippen LogP contribution in [0.3, 0.4) is 0 Å². The molecule has 0 amide bonds. The fourth-order valence-corrected chi connectivity index (χ4v) is 2.90. The highest BCUT2D eigenvalue weighted by Crippen LogP contribution is 2.29. The molecule has 0 saturated carbocycles. The highest BCUT2D eigenvalue weighted by atomic mass is 16.3. The second-order valence-electron chi connectivity index (χ2n) is 5.62. The van der Waals surface area contributed by atoms with Crippen LogP contribution in [0.5, 0.6) is 5.75 Å². The summed E-state index contributed by atoms with van der Waals surface area (Å²) in [6, 6.07) is 8.27. The normalized spacial score (nSPS) is 30.4. The van der Waals surface area contributed by atoms with Gasteiger partial charge in [-0.3, -0.25) is 4.90 Å². The molecule has 2 heteroatoms. The van der Waals surface area contributed by atoms with Crippen molar-refractivity contribution >= 4 is 0 Å². The number of rotatable bonds is 2. The minimum atomic E-state index is 0.422. The molecular formula is C15H23NO. The van der Waals surface area contributed by atoms with E-state index in [0.717, 1.165) is 30.5 Å². The second kappa shape index (κ2) is 5.09. The van der Waals surface area contributed by atoms with Crippen molar-refractivity contribution in [3.05, 3.63) is 29.8 Å². The molecule has 0 bridgehead atoms. The summed E-state index contributed by atoms with van der Waals surface area (Å²) in [5.41, 5.74) is 1.04. The molecule has 1 fully saturated rings. The maximum Gasteiger partial charge on any atom is 0.120 e. The van der Waals surface area contributed by atoms with E-state index in [4.69, 9.17) is 0 Å². The van der Waals surface area contributed by atoms with Crippen LogP contribution in [0.1, 0.15) is 32.8 Å². The molecular weight excluding hydrogens is 210 g/mol. The first-order valence-corrected chi connectivity index (χ1v) is 6.59. The number of hydrogen-bond acceptors (Lipinski definition) is 2. The number of phenolic OH excluding ortho intramolecular Hbond substituents is 1. The van der Waals surface area contributed by atoms with Gasteiger partial charge in [-0.05, 0) is 31.2 Å². The van der Waals surface area contributed by atoms with Crippen molar-refractivity contribution in [2.24, 2.45) is 11.8 Å². The van der Waals surface area contributed by atoms with Gasteiger partial charge in [0.2, 0.25) is 0 Å². The van der Waals surface area contributed by atoms with E-state index in [9.17, 15) is 5.11 Å². The zero-order valence-electron chi connectivity index (χ0n) is 11.1. The van der Waals surface area contributed by atoms with Crippen molar-refractivity contribution in [3.63, 3.8) is 0 Å². The van der Waals surface area contributed by atoms with Crippen LogP contribution in [0.2, 0.25) is 0 Å². The van der Waals surface area contributed by atoms with Gasteiger partial charge < -0.3 is 5.11 Å². The molecule has 1 heterocycles. The first-order valence-electron chi connectivity index (χ1n) is 6.59. The summed E-state index contributed by atoms with van der Waals surface area (Å²) in [5, 5.41) is 9.83. The summed E-state index contributed by atoms with van der Waals surface area (Å²) in [4.78, 5) is 2.49.